The van der Waals surface area contributed by atoms with E-state index in [4.69, 9.17) is 10.2 Å². The van der Waals surface area contributed by atoms with E-state index in [2.05, 4.69) is 5.32 Å². The van der Waals surface area contributed by atoms with Gasteiger partial charge < -0.3 is 15.5 Å². The second-order valence-electron chi connectivity index (χ2n) is 4.51. The molecular formula is C15H18N2O2. The number of furan rings is 1. The number of benzene rings is 1. The molecule has 0 atom stereocenters. The summed E-state index contributed by atoms with van der Waals surface area (Å²) in [5.41, 5.74) is 8.45. The summed E-state index contributed by atoms with van der Waals surface area (Å²) in [7, 11) is 0. The van der Waals surface area contributed by atoms with Gasteiger partial charge in [-0.15, -0.1) is 0 Å². The molecule has 0 aliphatic rings. The molecule has 0 saturated heterocycles. The molecule has 0 bridgehead atoms. The largest absolute Gasteiger partial charge is 0.456 e. The molecule has 0 fully saturated rings. The highest BCUT2D eigenvalue weighted by atomic mass is 16.3. The van der Waals surface area contributed by atoms with Crippen LogP contribution in [0.4, 0.5) is 5.69 Å². The standard InChI is InChI=1S/C15H18N2O2/c1-10-4-3-5-13(11(10)2)17-15(18)14-7-6-12(19-14)8-9-16/h3-7H,8-9,16H2,1-2H3,(H,17,18). The Labute approximate surface area is 112 Å². The van der Waals surface area contributed by atoms with Crippen LogP contribution >= 0.6 is 0 Å². The molecule has 0 unspecified atom stereocenters. The van der Waals surface area contributed by atoms with Gasteiger partial charge in [0.2, 0.25) is 0 Å². The van der Waals surface area contributed by atoms with Crippen LogP contribution in [0.15, 0.2) is 34.7 Å². The van der Waals surface area contributed by atoms with Crippen molar-refractivity contribution in [1.29, 1.82) is 0 Å². The smallest absolute Gasteiger partial charge is 0.291 e. The highest BCUT2D eigenvalue weighted by molar-refractivity contribution is 6.02. The monoisotopic (exact) mass is 258 g/mol. The lowest BCUT2D eigenvalue weighted by molar-refractivity contribution is 0.0995. The Hall–Kier alpha value is -2.07. The number of anilines is 1. The summed E-state index contributed by atoms with van der Waals surface area (Å²) in [6.07, 6.45) is 0.636. The van der Waals surface area contributed by atoms with Gasteiger partial charge in [-0.25, -0.2) is 0 Å². The first kappa shape index (κ1) is 13.4. The Morgan fingerprint density at radius 3 is 2.79 bits per heavy atom. The quantitative estimate of drug-likeness (QED) is 0.885. The minimum Gasteiger partial charge on any atom is -0.456 e. The lowest BCUT2D eigenvalue weighted by atomic mass is 10.1. The molecule has 1 amide bonds. The Bertz CT molecular complexity index is 588. The molecule has 0 aliphatic carbocycles. The van der Waals surface area contributed by atoms with Crippen LogP contribution in [0.2, 0.25) is 0 Å². The van der Waals surface area contributed by atoms with Gasteiger partial charge in [0.1, 0.15) is 5.76 Å². The Morgan fingerprint density at radius 1 is 1.26 bits per heavy atom. The van der Waals surface area contributed by atoms with Gasteiger partial charge in [0.15, 0.2) is 5.76 Å². The zero-order valence-electron chi connectivity index (χ0n) is 11.2. The normalized spacial score (nSPS) is 10.5. The molecule has 2 aromatic rings. The minimum atomic E-state index is -0.239. The second kappa shape index (κ2) is 5.71. The Kier molecular flexibility index (Phi) is 4.02. The summed E-state index contributed by atoms with van der Waals surface area (Å²) in [5, 5.41) is 2.86. The summed E-state index contributed by atoms with van der Waals surface area (Å²) in [5.74, 6) is 0.801. The average molecular weight is 258 g/mol. The first-order valence-corrected chi connectivity index (χ1v) is 6.28. The minimum absolute atomic E-state index is 0.239. The topological polar surface area (TPSA) is 68.3 Å². The molecule has 2 rings (SSSR count). The predicted molar refractivity (Wildman–Crippen MR) is 75.3 cm³/mol. The maximum Gasteiger partial charge on any atom is 0.291 e. The Morgan fingerprint density at radius 2 is 2.05 bits per heavy atom. The molecule has 100 valence electrons. The van der Waals surface area contributed by atoms with E-state index >= 15 is 0 Å². The number of hydrogen-bond acceptors (Lipinski definition) is 3. The zero-order chi connectivity index (χ0) is 13.8. The summed E-state index contributed by atoms with van der Waals surface area (Å²) in [6.45, 7) is 4.50. The number of amides is 1. The summed E-state index contributed by atoms with van der Waals surface area (Å²) in [6, 6.07) is 9.26. The van der Waals surface area contributed by atoms with Gasteiger partial charge in [0, 0.05) is 12.1 Å². The first-order valence-electron chi connectivity index (χ1n) is 6.28. The van der Waals surface area contributed by atoms with Crippen molar-refractivity contribution in [3.05, 3.63) is 53.0 Å². The van der Waals surface area contributed by atoms with E-state index in [0.717, 1.165) is 22.6 Å². The van der Waals surface area contributed by atoms with Crippen LogP contribution in [0.5, 0.6) is 0 Å². The average Bonchev–Trinajstić information content (AvgIpc) is 2.84. The van der Waals surface area contributed by atoms with Gasteiger partial charge in [-0.2, -0.15) is 0 Å². The summed E-state index contributed by atoms with van der Waals surface area (Å²) in [4.78, 5) is 12.1. The number of rotatable bonds is 4. The number of hydrogen-bond donors (Lipinski definition) is 2. The van der Waals surface area contributed by atoms with E-state index in [0.29, 0.717) is 18.7 Å². The van der Waals surface area contributed by atoms with Crippen molar-refractivity contribution in [2.24, 2.45) is 5.73 Å². The molecular weight excluding hydrogens is 240 g/mol. The lowest BCUT2D eigenvalue weighted by Crippen LogP contribution is -2.12. The van der Waals surface area contributed by atoms with E-state index in [1.54, 1.807) is 12.1 Å². The molecule has 0 saturated carbocycles. The van der Waals surface area contributed by atoms with Crippen LogP contribution in [-0.4, -0.2) is 12.5 Å². The maximum absolute atomic E-state index is 12.1. The van der Waals surface area contributed by atoms with Crippen LogP contribution in [0.3, 0.4) is 0 Å². The van der Waals surface area contributed by atoms with Crippen molar-refractivity contribution in [2.45, 2.75) is 20.3 Å². The van der Waals surface area contributed by atoms with Crippen LogP contribution in [0.25, 0.3) is 0 Å². The molecule has 1 aromatic carbocycles. The fraction of sp³-hybridized carbons (Fsp3) is 0.267. The van der Waals surface area contributed by atoms with Gasteiger partial charge in [-0.05, 0) is 49.7 Å². The zero-order valence-corrected chi connectivity index (χ0v) is 11.2. The van der Waals surface area contributed by atoms with E-state index < -0.39 is 0 Å². The number of nitrogens with one attached hydrogen (secondary N) is 1. The highest BCUT2D eigenvalue weighted by Gasteiger charge is 2.12. The SMILES string of the molecule is Cc1cccc(NC(=O)c2ccc(CCN)o2)c1C. The van der Waals surface area contributed by atoms with E-state index in [1.165, 1.54) is 0 Å². The van der Waals surface area contributed by atoms with E-state index in [9.17, 15) is 4.79 Å². The number of aryl methyl sites for hydroxylation is 1. The predicted octanol–water partition coefficient (Wildman–Crippen LogP) is 2.65. The van der Waals surface area contributed by atoms with Crippen molar-refractivity contribution in [3.63, 3.8) is 0 Å². The number of nitrogens with two attached hydrogens (primary N) is 1. The fourth-order valence-corrected chi connectivity index (χ4v) is 1.85. The number of carbonyl (C=O) groups is 1. The van der Waals surface area contributed by atoms with Gasteiger partial charge >= 0.3 is 0 Å². The molecule has 1 heterocycles. The van der Waals surface area contributed by atoms with Crippen LogP contribution in [0, 0.1) is 13.8 Å². The second-order valence-corrected chi connectivity index (χ2v) is 4.51. The third kappa shape index (κ3) is 3.03. The summed E-state index contributed by atoms with van der Waals surface area (Å²) < 4.78 is 5.44. The van der Waals surface area contributed by atoms with Crippen molar-refractivity contribution in [2.75, 3.05) is 11.9 Å². The fourth-order valence-electron chi connectivity index (χ4n) is 1.85. The molecule has 3 N–H and O–H groups in total. The maximum atomic E-state index is 12.1. The Balaban J connectivity index is 2.14. The van der Waals surface area contributed by atoms with Gasteiger partial charge in [-0.1, -0.05) is 12.1 Å². The molecule has 4 nitrogen and oxygen atoms in total. The molecule has 0 spiro atoms. The van der Waals surface area contributed by atoms with Crippen LogP contribution in [0.1, 0.15) is 27.4 Å². The highest BCUT2D eigenvalue weighted by Crippen LogP contribution is 2.19. The van der Waals surface area contributed by atoms with Crippen LogP contribution < -0.4 is 11.1 Å². The number of carbonyl (C=O) groups excluding carboxylic acids is 1. The van der Waals surface area contributed by atoms with Crippen molar-refractivity contribution < 1.29 is 9.21 Å². The van der Waals surface area contributed by atoms with Crippen molar-refractivity contribution in [1.82, 2.24) is 0 Å². The van der Waals surface area contributed by atoms with Crippen LogP contribution in [-0.2, 0) is 6.42 Å². The van der Waals surface area contributed by atoms with E-state index in [1.807, 2.05) is 32.0 Å². The molecule has 0 radical (unpaired) electrons. The summed E-state index contributed by atoms with van der Waals surface area (Å²) >= 11 is 0. The molecule has 0 aliphatic heterocycles. The molecule has 1 aromatic heterocycles. The van der Waals surface area contributed by atoms with Gasteiger partial charge in [0.25, 0.3) is 5.91 Å². The third-order valence-electron chi connectivity index (χ3n) is 3.13. The lowest BCUT2D eigenvalue weighted by Gasteiger charge is -2.09. The van der Waals surface area contributed by atoms with E-state index in [-0.39, 0.29) is 5.91 Å². The first-order chi connectivity index (χ1) is 9.11. The van der Waals surface area contributed by atoms with Gasteiger partial charge in [-0.3, -0.25) is 4.79 Å². The van der Waals surface area contributed by atoms with Crippen molar-refractivity contribution >= 4 is 11.6 Å². The third-order valence-corrected chi connectivity index (χ3v) is 3.13. The van der Waals surface area contributed by atoms with Gasteiger partial charge in [0.05, 0.1) is 0 Å². The van der Waals surface area contributed by atoms with Crippen molar-refractivity contribution in [3.8, 4) is 0 Å². The molecule has 4 heteroatoms. The molecule has 19 heavy (non-hydrogen) atoms.